The molecule has 14 heavy (non-hydrogen) atoms. The van der Waals surface area contributed by atoms with Crippen LogP contribution in [0.4, 0.5) is 5.69 Å². The van der Waals surface area contributed by atoms with Gasteiger partial charge < -0.3 is 10.0 Å². The highest BCUT2D eigenvalue weighted by Crippen LogP contribution is 2.34. The van der Waals surface area contributed by atoms with Crippen LogP contribution < -0.4 is 4.90 Å². The Kier molecular flexibility index (Phi) is 2.03. The molecule has 74 valence electrons. The van der Waals surface area contributed by atoms with Gasteiger partial charge in [0, 0.05) is 25.4 Å². The number of carboxylic acids is 1. The molecule has 0 bridgehead atoms. The summed E-state index contributed by atoms with van der Waals surface area (Å²) in [4.78, 5) is 24.4. The third kappa shape index (κ3) is 1.21. The smallest absolute Gasteiger partial charge is 0.348 e. The topological polar surface area (TPSA) is 57.6 Å². The Bertz CT molecular complexity index is 397. The summed E-state index contributed by atoms with van der Waals surface area (Å²) in [6, 6.07) is 0. The first-order valence-corrected chi connectivity index (χ1v) is 5.08. The summed E-state index contributed by atoms with van der Waals surface area (Å²) >= 11 is 1.12. The van der Waals surface area contributed by atoms with E-state index in [0.717, 1.165) is 11.3 Å². The molecule has 1 aromatic rings. The average molecular weight is 211 g/mol. The van der Waals surface area contributed by atoms with Gasteiger partial charge in [0.25, 0.3) is 0 Å². The molecule has 4 nitrogen and oxygen atoms in total. The first-order chi connectivity index (χ1) is 6.61. The van der Waals surface area contributed by atoms with Crippen molar-refractivity contribution in [2.24, 2.45) is 0 Å². The van der Waals surface area contributed by atoms with Gasteiger partial charge >= 0.3 is 5.97 Å². The van der Waals surface area contributed by atoms with E-state index < -0.39 is 5.97 Å². The van der Waals surface area contributed by atoms with Crippen LogP contribution in [0.25, 0.3) is 0 Å². The van der Waals surface area contributed by atoms with Crippen LogP contribution in [0.15, 0.2) is 5.38 Å². The van der Waals surface area contributed by atoms with E-state index in [9.17, 15) is 9.59 Å². The second-order valence-electron chi connectivity index (χ2n) is 3.23. The summed E-state index contributed by atoms with van der Waals surface area (Å²) in [5.74, 6) is -0.917. The van der Waals surface area contributed by atoms with Crippen molar-refractivity contribution < 1.29 is 14.7 Å². The summed E-state index contributed by atoms with van der Waals surface area (Å²) in [5.41, 5.74) is 1.14. The Labute approximate surface area is 84.8 Å². The number of nitrogens with zero attached hydrogens (tertiary/aromatic N) is 1. The van der Waals surface area contributed by atoms with E-state index >= 15 is 0 Å². The molecule has 0 spiro atoms. The number of aromatic carboxylic acids is 1. The number of rotatable bonds is 1. The number of thiophene rings is 1. The highest BCUT2D eigenvalue weighted by molar-refractivity contribution is 7.13. The third-order valence-electron chi connectivity index (χ3n) is 2.32. The van der Waals surface area contributed by atoms with Crippen LogP contribution in [0.1, 0.15) is 26.5 Å². The van der Waals surface area contributed by atoms with E-state index in [4.69, 9.17) is 5.11 Å². The molecule has 0 aliphatic carbocycles. The van der Waals surface area contributed by atoms with Gasteiger partial charge in [-0.05, 0) is 0 Å². The lowest BCUT2D eigenvalue weighted by Gasteiger charge is -2.24. The molecule has 1 aliphatic heterocycles. The zero-order valence-corrected chi connectivity index (χ0v) is 8.43. The van der Waals surface area contributed by atoms with Crippen LogP contribution in [-0.2, 0) is 0 Å². The molecule has 0 amide bonds. The molecule has 1 N–H and O–H groups in total. The van der Waals surface area contributed by atoms with Crippen LogP contribution >= 0.6 is 11.3 Å². The largest absolute Gasteiger partial charge is 0.477 e. The van der Waals surface area contributed by atoms with Crippen LogP contribution in [-0.4, -0.2) is 30.5 Å². The van der Waals surface area contributed by atoms with Crippen molar-refractivity contribution >= 4 is 28.8 Å². The molecule has 0 unspecified atom stereocenters. The lowest BCUT2D eigenvalue weighted by atomic mass is 10.0. The van der Waals surface area contributed by atoms with Gasteiger partial charge in [-0.25, -0.2) is 4.79 Å². The van der Waals surface area contributed by atoms with Crippen LogP contribution in [0, 0.1) is 0 Å². The highest BCUT2D eigenvalue weighted by Gasteiger charge is 2.27. The molecule has 0 radical (unpaired) electrons. The van der Waals surface area contributed by atoms with E-state index in [1.54, 1.807) is 5.38 Å². The quantitative estimate of drug-likeness (QED) is 0.764. The average Bonchev–Trinajstić information content (AvgIpc) is 2.56. The number of fused-ring (bicyclic) bond motifs is 1. The lowest BCUT2D eigenvalue weighted by Crippen LogP contribution is -2.28. The molecule has 0 saturated heterocycles. The number of hydrogen-bond acceptors (Lipinski definition) is 4. The Morgan fingerprint density at radius 2 is 2.36 bits per heavy atom. The molecule has 1 aromatic heterocycles. The number of ketones is 1. The number of anilines is 1. The summed E-state index contributed by atoms with van der Waals surface area (Å²) in [7, 11) is 1.81. The molecular formula is C9H9NO3S. The van der Waals surface area contributed by atoms with Crippen LogP contribution in [0.2, 0.25) is 0 Å². The minimum Gasteiger partial charge on any atom is -0.477 e. The predicted molar refractivity (Wildman–Crippen MR) is 53.5 cm³/mol. The summed E-state index contributed by atoms with van der Waals surface area (Å²) in [6.45, 7) is 0.600. The van der Waals surface area contributed by atoms with Crippen molar-refractivity contribution in [1.29, 1.82) is 0 Å². The van der Waals surface area contributed by atoms with E-state index in [1.807, 2.05) is 11.9 Å². The summed E-state index contributed by atoms with van der Waals surface area (Å²) in [6.07, 6.45) is 0.472. The number of carbonyl (C=O) groups is 2. The lowest BCUT2D eigenvalue weighted by molar-refractivity contribution is 0.0703. The Morgan fingerprint density at radius 3 is 3.00 bits per heavy atom. The number of Topliss-reactive ketones (excluding diaryl/α,β-unsaturated/α-hetero) is 1. The number of carbonyl (C=O) groups excluding carboxylic acids is 1. The first-order valence-electron chi connectivity index (χ1n) is 4.20. The van der Waals surface area contributed by atoms with Gasteiger partial charge in [0.2, 0.25) is 0 Å². The van der Waals surface area contributed by atoms with Gasteiger partial charge in [0.05, 0.1) is 11.3 Å². The van der Waals surface area contributed by atoms with Crippen molar-refractivity contribution in [2.75, 3.05) is 18.5 Å². The Hall–Kier alpha value is -1.36. The number of hydrogen-bond donors (Lipinski definition) is 1. The molecule has 2 heterocycles. The molecule has 0 aromatic carbocycles. The standard InChI is InChI=1S/C9H9NO3S/c1-10-3-2-6(11)5-4-14-8(7(5)10)9(12)13/h4H,2-3H2,1H3,(H,12,13). The second kappa shape index (κ2) is 3.09. The zero-order chi connectivity index (χ0) is 10.3. The van der Waals surface area contributed by atoms with Crippen molar-refractivity contribution in [3.05, 3.63) is 15.8 Å². The fourth-order valence-corrected chi connectivity index (χ4v) is 2.55. The SMILES string of the molecule is CN1CCC(=O)c2csc(C(=O)O)c21. The van der Waals surface area contributed by atoms with E-state index in [-0.39, 0.29) is 10.7 Å². The molecule has 0 saturated carbocycles. The third-order valence-corrected chi connectivity index (χ3v) is 3.27. The summed E-state index contributed by atoms with van der Waals surface area (Å²) in [5, 5.41) is 10.5. The minimum absolute atomic E-state index is 0.0434. The van der Waals surface area contributed by atoms with Gasteiger partial charge in [-0.1, -0.05) is 0 Å². The Balaban J connectivity index is 2.59. The van der Waals surface area contributed by atoms with E-state index in [2.05, 4.69) is 0 Å². The predicted octanol–water partition coefficient (Wildman–Crippen LogP) is 1.47. The van der Waals surface area contributed by atoms with Gasteiger partial charge in [-0.2, -0.15) is 0 Å². The minimum atomic E-state index is -0.960. The summed E-state index contributed by atoms with van der Waals surface area (Å²) < 4.78 is 0. The van der Waals surface area contributed by atoms with Crippen molar-refractivity contribution in [1.82, 2.24) is 0 Å². The highest BCUT2D eigenvalue weighted by atomic mass is 32.1. The van der Waals surface area contributed by atoms with Gasteiger partial charge in [-0.15, -0.1) is 11.3 Å². The molecule has 2 rings (SSSR count). The van der Waals surface area contributed by atoms with Gasteiger partial charge in [-0.3, -0.25) is 4.79 Å². The Morgan fingerprint density at radius 1 is 1.64 bits per heavy atom. The molecule has 0 fully saturated rings. The van der Waals surface area contributed by atoms with Gasteiger partial charge in [0.15, 0.2) is 5.78 Å². The fourth-order valence-electron chi connectivity index (χ4n) is 1.60. The zero-order valence-electron chi connectivity index (χ0n) is 7.61. The fraction of sp³-hybridized carbons (Fsp3) is 0.333. The monoisotopic (exact) mass is 211 g/mol. The first kappa shape index (κ1) is 9.21. The van der Waals surface area contributed by atoms with E-state index in [0.29, 0.717) is 24.2 Å². The second-order valence-corrected chi connectivity index (χ2v) is 4.11. The normalized spacial score (nSPS) is 15.5. The molecule has 1 aliphatic rings. The van der Waals surface area contributed by atoms with Crippen molar-refractivity contribution in [2.45, 2.75) is 6.42 Å². The molecule has 0 atom stereocenters. The maximum absolute atomic E-state index is 11.5. The van der Waals surface area contributed by atoms with Gasteiger partial charge in [0.1, 0.15) is 4.88 Å². The van der Waals surface area contributed by atoms with E-state index in [1.165, 1.54) is 0 Å². The number of carboxylic acid groups (broad SMARTS) is 1. The van der Waals surface area contributed by atoms with Crippen LogP contribution in [0.3, 0.4) is 0 Å². The molecule has 5 heteroatoms. The maximum Gasteiger partial charge on any atom is 0.348 e. The van der Waals surface area contributed by atoms with Crippen molar-refractivity contribution in [3.8, 4) is 0 Å². The maximum atomic E-state index is 11.5. The van der Waals surface area contributed by atoms with Crippen molar-refractivity contribution in [3.63, 3.8) is 0 Å². The molecular weight excluding hydrogens is 202 g/mol. The van der Waals surface area contributed by atoms with Crippen LogP contribution in [0.5, 0.6) is 0 Å².